The summed E-state index contributed by atoms with van der Waals surface area (Å²) in [4.78, 5) is 40.1. The number of esters is 2. The van der Waals surface area contributed by atoms with Gasteiger partial charge in [0, 0.05) is 18.1 Å². The highest BCUT2D eigenvalue weighted by Gasteiger charge is 2.57. The van der Waals surface area contributed by atoms with Gasteiger partial charge in [-0.2, -0.15) is 0 Å². The van der Waals surface area contributed by atoms with E-state index < -0.39 is 35.1 Å². The van der Waals surface area contributed by atoms with Crippen molar-refractivity contribution in [2.24, 2.45) is 0 Å². The average Bonchev–Trinajstić information content (AvgIpc) is 2.69. The maximum Gasteiger partial charge on any atom is 0.415 e. The fourth-order valence-corrected chi connectivity index (χ4v) is 3.44. The van der Waals surface area contributed by atoms with Gasteiger partial charge >= 0.3 is 18.0 Å². The smallest absolute Gasteiger partial charge is 0.415 e. The Morgan fingerprint density at radius 1 is 1.14 bits per heavy atom. The number of ether oxygens (including phenoxy) is 4. The fraction of sp³-hybridized carbons (Fsp3) is 0.476. The quantitative estimate of drug-likeness (QED) is 0.329. The predicted molar refractivity (Wildman–Crippen MR) is 106 cm³/mol. The van der Waals surface area contributed by atoms with E-state index in [0.717, 1.165) is 0 Å². The van der Waals surface area contributed by atoms with E-state index in [1.807, 2.05) is 0 Å². The zero-order chi connectivity index (χ0) is 22.0. The molecule has 1 unspecified atom stereocenters. The van der Waals surface area contributed by atoms with Crippen LogP contribution in [0.3, 0.4) is 0 Å². The summed E-state index contributed by atoms with van der Waals surface area (Å²) in [7, 11) is 3.86. The lowest BCUT2D eigenvalue weighted by Gasteiger charge is -2.43. The van der Waals surface area contributed by atoms with Crippen molar-refractivity contribution < 1.29 is 33.3 Å². The van der Waals surface area contributed by atoms with Gasteiger partial charge in [-0.15, -0.1) is 6.58 Å². The van der Waals surface area contributed by atoms with E-state index >= 15 is 0 Å². The number of amides is 1. The van der Waals surface area contributed by atoms with Crippen LogP contribution in [-0.2, 0) is 29.2 Å². The van der Waals surface area contributed by atoms with Gasteiger partial charge in [0.2, 0.25) is 0 Å². The van der Waals surface area contributed by atoms with Crippen LogP contribution in [-0.4, -0.2) is 51.0 Å². The van der Waals surface area contributed by atoms with Gasteiger partial charge < -0.3 is 18.9 Å². The van der Waals surface area contributed by atoms with E-state index in [2.05, 4.69) is 6.58 Å². The Labute approximate surface area is 170 Å². The van der Waals surface area contributed by atoms with Crippen molar-refractivity contribution in [1.29, 1.82) is 0 Å². The van der Waals surface area contributed by atoms with Crippen LogP contribution in [0.4, 0.5) is 10.5 Å². The molecular weight excluding hydrogens is 378 g/mol. The third kappa shape index (κ3) is 3.92. The molecule has 0 N–H and O–H groups in total. The number of hydrogen-bond donors (Lipinski definition) is 0. The van der Waals surface area contributed by atoms with E-state index in [0.29, 0.717) is 5.75 Å². The Bertz CT molecular complexity index is 809. The van der Waals surface area contributed by atoms with Crippen LogP contribution < -0.4 is 9.64 Å². The van der Waals surface area contributed by atoms with E-state index in [9.17, 15) is 14.4 Å². The second-order valence-electron chi connectivity index (χ2n) is 7.63. The van der Waals surface area contributed by atoms with Crippen LogP contribution in [0.5, 0.6) is 5.75 Å². The molecule has 1 aromatic carbocycles. The monoisotopic (exact) mass is 405 g/mol. The number of benzene rings is 1. The number of rotatable bonds is 4. The second kappa shape index (κ2) is 8.14. The molecule has 0 aromatic heterocycles. The Hall–Kier alpha value is -3.03. The van der Waals surface area contributed by atoms with Gasteiger partial charge in [-0.3, -0.25) is 14.5 Å². The molecule has 1 aliphatic rings. The highest BCUT2D eigenvalue weighted by molar-refractivity contribution is 6.10. The number of carbonyl (C=O) groups excluding carboxylic acids is 3. The third-order valence-electron chi connectivity index (χ3n) is 4.70. The molecule has 0 bridgehead atoms. The number of nitrogens with zero attached hydrogens (tertiary/aromatic N) is 1. The second-order valence-corrected chi connectivity index (χ2v) is 7.63. The molecule has 0 radical (unpaired) electrons. The number of fused-ring (bicyclic) bond motifs is 1. The van der Waals surface area contributed by atoms with Crippen molar-refractivity contribution in [3.05, 3.63) is 36.4 Å². The first kappa shape index (κ1) is 22.3. The summed E-state index contributed by atoms with van der Waals surface area (Å²) < 4.78 is 20.7. The Morgan fingerprint density at radius 3 is 2.17 bits per heavy atom. The predicted octanol–water partition coefficient (Wildman–Crippen LogP) is 2.98. The van der Waals surface area contributed by atoms with Crippen LogP contribution in [0.2, 0.25) is 0 Å². The van der Waals surface area contributed by atoms with Crippen molar-refractivity contribution in [1.82, 2.24) is 0 Å². The Morgan fingerprint density at radius 2 is 1.72 bits per heavy atom. The molecule has 29 heavy (non-hydrogen) atoms. The lowest BCUT2D eigenvalue weighted by molar-refractivity contribution is -0.162. The molecule has 1 heterocycles. The van der Waals surface area contributed by atoms with Gasteiger partial charge in [-0.1, -0.05) is 12.1 Å². The maximum atomic E-state index is 13.0. The Balaban J connectivity index is 2.80. The van der Waals surface area contributed by atoms with E-state index in [1.165, 1.54) is 32.3 Å². The largest absolute Gasteiger partial charge is 0.497 e. The molecule has 0 saturated heterocycles. The minimum Gasteiger partial charge on any atom is -0.497 e. The molecule has 0 spiro atoms. The van der Waals surface area contributed by atoms with E-state index in [1.54, 1.807) is 39.0 Å². The molecule has 1 atom stereocenters. The molecule has 158 valence electrons. The van der Waals surface area contributed by atoms with Gasteiger partial charge in [-0.25, -0.2) is 4.79 Å². The van der Waals surface area contributed by atoms with Gasteiger partial charge in [-0.05, 0) is 26.8 Å². The number of carbonyl (C=O) groups is 3. The third-order valence-corrected chi connectivity index (χ3v) is 4.70. The van der Waals surface area contributed by atoms with E-state index in [4.69, 9.17) is 18.9 Å². The number of anilines is 1. The molecule has 8 heteroatoms. The summed E-state index contributed by atoms with van der Waals surface area (Å²) in [5.74, 6) is -1.14. The summed E-state index contributed by atoms with van der Waals surface area (Å²) in [5.41, 5.74) is -1.96. The summed E-state index contributed by atoms with van der Waals surface area (Å²) >= 11 is 0. The van der Waals surface area contributed by atoms with Gasteiger partial charge in [0.05, 0.1) is 33.1 Å². The maximum absolute atomic E-state index is 13.0. The molecule has 1 aromatic rings. The average molecular weight is 405 g/mol. The molecule has 2 rings (SSSR count). The minimum atomic E-state index is -1.76. The lowest BCUT2D eigenvalue weighted by Crippen LogP contribution is -2.57. The van der Waals surface area contributed by atoms with Crippen LogP contribution in [0.25, 0.3) is 0 Å². The van der Waals surface area contributed by atoms with Crippen molar-refractivity contribution >= 4 is 23.7 Å². The van der Waals surface area contributed by atoms with E-state index in [-0.39, 0.29) is 17.7 Å². The van der Waals surface area contributed by atoms with Crippen molar-refractivity contribution in [3.8, 4) is 5.75 Å². The molecule has 0 saturated carbocycles. The molecule has 0 fully saturated rings. The molecule has 1 aliphatic heterocycles. The van der Waals surface area contributed by atoms with Crippen LogP contribution in [0.15, 0.2) is 30.9 Å². The topological polar surface area (TPSA) is 91.4 Å². The molecule has 8 nitrogen and oxygen atoms in total. The van der Waals surface area contributed by atoms with Gasteiger partial charge in [0.15, 0.2) is 5.41 Å². The molecule has 1 amide bonds. The van der Waals surface area contributed by atoms with Crippen LogP contribution >= 0.6 is 0 Å². The normalized spacial score (nSPS) is 17.6. The fourth-order valence-electron chi connectivity index (χ4n) is 3.44. The molecular formula is C21H27NO7. The number of methoxy groups -OCH3 is 3. The first-order valence-electron chi connectivity index (χ1n) is 9.05. The summed E-state index contributed by atoms with van der Waals surface area (Å²) in [5, 5.41) is 0. The number of hydrogen-bond acceptors (Lipinski definition) is 7. The highest BCUT2D eigenvalue weighted by atomic mass is 16.6. The van der Waals surface area contributed by atoms with Crippen molar-refractivity contribution in [2.75, 3.05) is 26.2 Å². The SMILES string of the molecule is C=CC1CC(C(=O)OC)(C(=O)OC)c2ccc(OC)cc2N1C(=O)OC(C)(C)C. The Kier molecular flexibility index (Phi) is 6.25. The van der Waals surface area contributed by atoms with Crippen LogP contribution in [0.1, 0.15) is 32.8 Å². The highest BCUT2D eigenvalue weighted by Crippen LogP contribution is 2.46. The zero-order valence-corrected chi connectivity index (χ0v) is 17.6. The van der Waals surface area contributed by atoms with Crippen molar-refractivity contribution in [2.45, 2.75) is 44.2 Å². The minimum absolute atomic E-state index is 0.103. The van der Waals surface area contributed by atoms with Crippen LogP contribution in [0, 0.1) is 0 Å². The first-order valence-corrected chi connectivity index (χ1v) is 9.05. The summed E-state index contributed by atoms with van der Waals surface area (Å²) in [6.07, 6.45) is 0.738. The molecule has 0 aliphatic carbocycles. The van der Waals surface area contributed by atoms with Gasteiger partial charge in [0.25, 0.3) is 0 Å². The standard InChI is InChI=1S/C21H27NO7/c1-8-13-12-21(17(23)27-6,18(24)28-7)15-10-9-14(26-5)11-16(15)22(13)19(25)29-20(2,3)4/h8-11,13H,1,12H2,2-7H3. The summed E-state index contributed by atoms with van der Waals surface area (Å²) in [6.45, 7) is 9.02. The zero-order valence-electron chi connectivity index (χ0n) is 17.6. The van der Waals surface area contributed by atoms with Crippen molar-refractivity contribution in [3.63, 3.8) is 0 Å². The van der Waals surface area contributed by atoms with Gasteiger partial charge in [0.1, 0.15) is 11.4 Å². The first-order chi connectivity index (χ1) is 13.5. The summed E-state index contributed by atoms with van der Waals surface area (Å²) in [6, 6.07) is 3.98. The lowest BCUT2D eigenvalue weighted by atomic mass is 9.71.